The van der Waals surface area contributed by atoms with Gasteiger partial charge >= 0.3 is 0 Å². The molecule has 0 saturated carbocycles. The number of imidazole rings is 1. The van der Waals surface area contributed by atoms with Gasteiger partial charge in [0.05, 0.1) is 0 Å². The van der Waals surface area contributed by atoms with Crippen LogP contribution in [-0.4, -0.2) is 24.9 Å². The van der Waals surface area contributed by atoms with Gasteiger partial charge in [-0.15, -0.1) is 0 Å². The maximum atomic E-state index is 5.92. The fourth-order valence-electron chi connectivity index (χ4n) is 1.45. The molecule has 1 N–H and O–H groups in total. The van der Waals surface area contributed by atoms with Crippen molar-refractivity contribution in [2.24, 2.45) is 0 Å². The van der Waals surface area contributed by atoms with Crippen LogP contribution in [0.3, 0.4) is 0 Å². The van der Waals surface area contributed by atoms with Gasteiger partial charge in [-0.2, -0.15) is 0 Å². The third-order valence-electron chi connectivity index (χ3n) is 2.20. The summed E-state index contributed by atoms with van der Waals surface area (Å²) in [6.07, 6.45) is 4.80. The summed E-state index contributed by atoms with van der Waals surface area (Å²) in [4.78, 5) is 19.3. The molecular formula is C10H6ClN5. The largest absolute Gasteiger partial charge is 0.334 e. The monoisotopic (exact) mass is 231 g/mol. The van der Waals surface area contributed by atoms with Crippen LogP contribution in [0, 0.1) is 0 Å². The molecule has 0 spiro atoms. The minimum absolute atomic E-state index is 0.373. The molecule has 0 aliphatic rings. The number of rotatable bonds is 1. The topological polar surface area (TPSA) is 67.3 Å². The van der Waals surface area contributed by atoms with Gasteiger partial charge in [-0.1, -0.05) is 11.6 Å². The van der Waals surface area contributed by atoms with Crippen molar-refractivity contribution >= 4 is 22.8 Å². The van der Waals surface area contributed by atoms with Crippen molar-refractivity contribution in [1.82, 2.24) is 24.9 Å². The summed E-state index contributed by atoms with van der Waals surface area (Å²) in [6.45, 7) is 0. The smallest absolute Gasteiger partial charge is 0.182 e. The Morgan fingerprint density at radius 2 is 1.94 bits per heavy atom. The van der Waals surface area contributed by atoms with E-state index in [1.54, 1.807) is 12.4 Å². The van der Waals surface area contributed by atoms with Crippen LogP contribution < -0.4 is 0 Å². The van der Waals surface area contributed by atoms with Crippen LogP contribution in [0.1, 0.15) is 0 Å². The second-order valence-electron chi connectivity index (χ2n) is 3.18. The van der Waals surface area contributed by atoms with E-state index >= 15 is 0 Å². The Balaban J connectivity index is 2.23. The molecule has 0 aliphatic heterocycles. The lowest BCUT2D eigenvalue weighted by molar-refractivity contribution is 1.20. The third kappa shape index (κ3) is 1.42. The molecule has 16 heavy (non-hydrogen) atoms. The number of pyridine rings is 1. The first kappa shape index (κ1) is 9.23. The first-order valence-corrected chi connectivity index (χ1v) is 4.99. The number of nitrogens with one attached hydrogen (secondary N) is 1. The molecule has 0 unspecified atom stereocenters. The van der Waals surface area contributed by atoms with Crippen LogP contribution in [0.25, 0.3) is 22.6 Å². The van der Waals surface area contributed by atoms with E-state index in [4.69, 9.17) is 11.6 Å². The summed E-state index contributed by atoms with van der Waals surface area (Å²) in [7, 11) is 0. The van der Waals surface area contributed by atoms with Gasteiger partial charge in [0.15, 0.2) is 10.8 Å². The lowest BCUT2D eigenvalue weighted by Crippen LogP contribution is -1.80. The van der Waals surface area contributed by atoms with Gasteiger partial charge in [0.2, 0.25) is 0 Å². The molecule has 3 rings (SSSR count). The minimum atomic E-state index is 0.373. The molecule has 0 bridgehead atoms. The average molecular weight is 232 g/mol. The number of aromatic nitrogens is 5. The van der Waals surface area contributed by atoms with Crippen molar-refractivity contribution in [3.8, 4) is 11.4 Å². The summed E-state index contributed by atoms with van der Waals surface area (Å²) in [6, 6.07) is 3.72. The van der Waals surface area contributed by atoms with Gasteiger partial charge in [0.1, 0.15) is 17.7 Å². The summed E-state index contributed by atoms with van der Waals surface area (Å²) in [5, 5.41) is 0.373. The van der Waals surface area contributed by atoms with E-state index in [1.807, 2.05) is 12.1 Å². The molecule has 0 fully saturated rings. The maximum Gasteiger partial charge on any atom is 0.182 e. The highest BCUT2D eigenvalue weighted by atomic mass is 35.5. The van der Waals surface area contributed by atoms with Gasteiger partial charge in [0, 0.05) is 18.0 Å². The lowest BCUT2D eigenvalue weighted by atomic mass is 10.3. The highest BCUT2D eigenvalue weighted by molar-refractivity contribution is 6.33. The van der Waals surface area contributed by atoms with Crippen molar-refractivity contribution in [2.75, 3.05) is 0 Å². The summed E-state index contributed by atoms with van der Waals surface area (Å²) >= 11 is 5.92. The zero-order valence-corrected chi connectivity index (χ0v) is 8.81. The zero-order valence-electron chi connectivity index (χ0n) is 8.05. The Labute approximate surface area is 95.6 Å². The van der Waals surface area contributed by atoms with Gasteiger partial charge in [-0.25, -0.2) is 15.0 Å². The highest BCUT2D eigenvalue weighted by Crippen LogP contribution is 2.21. The first-order valence-electron chi connectivity index (χ1n) is 4.61. The molecule has 0 atom stereocenters. The summed E-state index contributed by atoms with van der Waals surface area (Å²) in [5.41, 5.74) is 2.15. The predicted molar refractivity (Wildman–Crippen MR) is 59.9 cm³/mol. The highest BCUT2D eigenvalue weighted by Gasteiger charge is 2.08. The van der Waals surface area contributed by atoms with E-state index in [1.165, 1.54) is 6.33 Å². The van der Waals surface area contributed by atoms with E-state index in [-0.39, 0.29) is 0 Å². The maximum absolute atomic E-state index is 5.92. The molecule has 0 radical (unpaired) electrons. The first-order chi connectivity index (χ1) is 7.84. The van der Waals surface area contributed by atoms with Crippen LogP contribution in [0.15, 0.2) is 30.9 Å². The lowest BCUT2D eigenvalue weighted by Gasteiger charge is -1.92. The molecule has 3 aromatic heterocycles. The van der Waals surface area contributed by atoms with E-state index in [9.17, 15) is 0 Å². The number of halogens is 1. The van der Waals surface area contributed by atoms with Crippen molar-refractivity contribution < 1.29 is 0 Å². The number of fused-ring (bicyclic) bond motifs is 1. The van der Waals surface area contributed by atoms with Gasteiger partial charge in [-0.3, -0.25) is 4.98 Å². The zero-order chi connectivity index (χ0) is 11.0. The molecule has 3 aromatic rings. The third-order valence-corrected chi connectivity index (χ3v) is 2.48. The molecule has 6 heteroatoms. The van der Waals surface area contributed by atoms with Gasteiger partial charge < -0.3 is 4.98 Å². The predicted octanol–water partition coefficient (Wildman–Crippen LogP) is 2.07. The van der Waals surface area contributed by atoms with Crippen LogP contribution in [0.2, 0.25) is 5.15 Å². The van der Waals surface area contributed by atoms with Gasteiger partial charge in [0.25, 0.3) is 0 Å². The molecule has 0 aliphatic carbocycles. The Morgan fingerprint density at radius 3 is 2.69 bits per heavy atom. The Morgan fingerprint density at radius 1 is 1.12 bits per heavy atom. The fraction of sp³-hybridized carbons (Fsp3) is 0. The molecule has 0 amide bonds. The molecule has 0 saturated heterocycles. The summed E-state index contributed by atoms with van der Waals surface area (Å²) in [5.74, 6) is 0.708. The Kier molecular flexibility index (Phi) is 2.04. The van der Waals surface area contributed by atoms with Crippen molar-refractivity contribution in [3.63, 3.8) is 0 Å². The molecule has 0 aromatic carbocycles. The molecular weight excluding hydrogens is 226 g/mol. The molecule has 78 valence electrons. The van der Waals surface area contributed by atoms with Crippen molar-refractivity contribution in [2.45, 2.75) is 0 Å². The fourth-order valence-corrected chi connectivity index (χ4v) is 1.62. The SMILES string of the molecule is Clc1ncnc2nc(-c3ccncc3)[nH]c12. The van der Waals surface area contributed by atoms with Crippen molar-refractivity contribution in [1.29, 1.82) is 0 Å². The number of aromatic amines is 1. The van der Waals surface area contributed by atoms with E-state index < -0.39 is 0 Å². The average Bonchev–Trinajstić information content (AvgIpc) is 2.76. The quantitative estimate of drug-likeness (QED) is 0.651. The Hall–Kier alpha value is -2.01. The molecule has 5 nitrogen and oxygen atoms in total. The molecule has 3 heterocycles. The van der Waals surface area contributed by atoms with E-state index in [0.717, 1.165) is 5.56 Å². The number of H-pyrrole nitrogens is 1. The normalized spacial score (nSPS) is 10.8. The van der Waals surface area contributed by atoms with Crippen LogP contribution in [0.5, 0.6) is 0 Å². The van der Waals surface area contributed by atoms with E-state index in [2.05, 4.69) is 24.9 Å². The standard InChI is InChI=1S/C10H6ClN5/c11-8-7-10(14-5-13-8)16-9(15-7)6-1-3-12-4-2-6/h1-5H,(H,13,14,15,16). The van der Waals surface area contributed by atoms with Crippen molar-refractivity contribution in [3.05, 3.63) is 36.0 Å². The Bertz CT molecular complexity index is 634. The number of hydrogen-bond donors (Lipinski definition) is 1. The summed E-state index contributed by atoms with van der Waals surface area (Å²) < 4.78 is 0. The second kappa shape index (κ2) is 3.53. The van der Waals surface area contributed by atoms with Crippen LogP contribution in [0.4, 0.5) is 0 Å². The minimum Gasteiger partial charge on any atom is -0.334 e. The van der Waals surface area contributed by atoms with E-state index in [0.29, 0.717) is 22.1 Å². The van der Waals surface area contributed by atoms with Crippen LogP contribution in [-0.2, 0) is 0 Å². The number of hydrogen-bond acceptors (Lipinski definition) is 4. The second-order valence-corrected chi connectivity index (χ2v) is 3.54. The van der Waals surface area contributed by atoms with Gasteiger partial charge in [-0.05, 0) is 12.1 Å². The number of nitrogens with zero attached hydrogens (tertiary/aromatic N) is 4. The van der Waals surface area contributed by atoms with Crippen LogP contribution >= 0.6 is 11.6 Å².